The Bertz CT molecular complexity index is 1260. The van der Waals surface area contributed by atoms with Crippen molar-refractivity contribution in [2.24, 2.45) is 0 Å². The maximum Gasteiger partial charge on any atom is 0.275 e. The molecule has 0 spiro atoms. The van der Waals surface area contributed by atoms with Crippen molar-refractivity contribution in [1.29, 1.82) is 0 Å². The summed E-state index contributed by atoms with van der Waals surface area (Å²) in [5.41, 5.74) is 2.01. The molecule has 0 aliphatic heterocycles. The number of hydrogen-bond donors (Lipinski definition) is 0. The van der Waals surface area contributed by atoms with Crippen LogP contribution in [0.1, 0.15) is 25.3 Å². The molecule has 154 valence electrons. The second-order valence-corrected chi connectivity index (χ2v) is 9.44. The number of sulfone groups is 1. The van der Waals surface area contributed by atoms with Gasteiger partial charge in [-0.1, -0.05) is 36.4 Å². The number of hydrogen-bond acceptors (Lipinski definition) is 4. The van der Waals surface area contributed by atoms with Crippen molar-refractivity contribution >= 4 is 9.84 Å². The Hall–Kier alpha value is -3.06. The summed E-state index contributed by atoms with van der Waals surface area (Å²) in [5, 5.41) is 4.43. The predicted molar refractivity (Wildman–Crippen MR) is 114 cm³/mol. The van der Waals surface area contributed by atoms with Crippen LogP contribution in [0.15, 0.2) is 76.6 Å². The second kappa shape index (κ2) is 7.99. The molecule has 7 heteroatoms. The second-order valence-electron chi connectivity index (χ2n) is 7.42. The zero-order valence-electron chi connectivity index (χ0n) is 16.5. The third-order valence-electron chi connectivity index (χ3n) is 5.32. The SMILES string of the molecule is CS(=O)(=O)c1ccc(-c2cnn(C3CC=CCC3)c(=O)c2-c2ccc(F)cc2)cc1. The monoisotopic (exact) mass is 424 g/mol. The molecule has 0 N–H and O–H groups in total. The van der Waals surface area contributed by atoms with E-state index >= 15 is 0 Å². The minimum absolute atomic E-state index is 0.0247. The highest BCUT2D eigenvalue weighted by Crippen LogP contribution is 2.31. The average molecular weight is 424 g/mol. The molecular weight excluding hydrogens is 403 g/mol. The van der Waals surface area contributed by atoms with Crippen LogP contribution in [0, 0.1) is 5.82 Å². The van der Waals surface area contributed by atoms with Gasteiger partial charge in [0, 0.05) is 11.8 Å². The van der Waals surface area contributed by atoms with Gasteiger partial charge >= 0.3 is 0 Å². The van der Waals surface area contributed by atoms with E-state index in [-0.39, 0.29) is 22.3 Å². The van der Waals surface area contributed by atoms with Crippen LogP contribution < -0.4 is 5.56 Å². The van der Waals surface area contributed by atoms with Gasteiger partial charge < -0.3 is 0 Å². The average Bonchev–Trinajstić information content (AvgIpc) is 2.74. The first-order valence-corrected chi connectivity index (χ1v) is 11.6. The van der Waals surface area contributed by atoms with Gasteiger partial charge in [0.25, 0.3) is 5.56 Å². The van der Waals surface area contributed by atoms with Gasteiger partial charge in [0.05, 0.1) is 22.7 Å². The minimum atomic E-state index is -3.33. The lowest BCUT2D eigenvalue weighted by Crippen LogP contribution is -2.29. The van der Waals surface area contributed by atoms with E-state index in [1.165, 1.54) is 28.9 Å². The van der Waals surface area contributed by atoms with E-state index in [4.69, 9.17) is 0 Å². The molecular formula is C23H21FN2O3S. The van der Waals surface area contributed by atoms with Gasteiger partial charge in [-0.05, 0) is 54.7 Å². The quantitative estimate of drug-likeness (QED) is 0.582. The van der Waals surface area contributed by atoms with Gasteiger partial charge in [0.2, 0.25) is 0 Å². The molecule has 3 aromatic rings. The lowest BCUT2D eigenvalue weighted by atomic mass is 9.96. The molecule has 0 saturated carbocycles. The molecule has 1 unspecified atom stereocenters. The van der Waals surface area contributed by atoms with E-state index in [0.29, 0.717) is 22.3 Å². The van der Waals surface area contributed by atoms with E-state index in [0.717, 1.165) is 25.5 Å². The summed E-state index contributed by atoms with van der Waals surface area (Å²) in [5.74, 6) is -0.385. The molecule has 0 fully saturated rings. The molecule has 1 aliphatic rings. The van der Waals surface area contributed by atoms with Crippen LogP contribution in [-0.4, -0.2) is 24.5 Å². The molecule has 5 nitrogen and oxygen atoms in total. The summed E-state index contributed by atoms with van der Waals surface area (Å²) < 4.78 is 38.5. The van der Waals surface area contributed by atoms with Crippen molar-refractivity contribution in [2.75, 3.05) is 6.26 Å². The van der Waals surface area contributed by atoms with E-state index in [9.17, 15) is 17.6 Å². The highest BCUT2D eigenvalue weighted by molar-refractivity contribution is 7.90. The Morgan fingerprint density at radius 2 is 1.67 bits per heavy atom. The Balaban J connectivity index is 1.89. The van der Waals surface area contributed by atoms with Crippen molar-refractivity contribution in [1.82, 2.24) is 9.78 Å². The van der Waals surface area contributed by atoms with Gasteiger partial charge in [-0.2, -0.15) is 5.10 Å². The Morgan fingerprint density at radius 1 is 1.00 bits per heavy atom. The highest BCUT2D eigenvalue weighted by atomic mass is 32.2. The van der Waals surface area contributed by atoms with Crippen LogP contribution in [-0.2, 0) is 9.84 Å². The zero-order valence-corrected chi connectivity index (χ0v) is 17.3. The van der Waals surface area contributed by atoms with Crippen LogP contribution in [0.2, 0.25) is 0 Å². The number of allylic oxidation sites excluding steroid dienone is 2. The number of aromatic nitrogens is 2. The van der Waals surface area contributed by atoms with Crippen molar-refractivity contribution in [3.05, 3.63) is 83.1 Å². The molecule has 0 radical (unpaired) electrons. The lowest BCUT2D eigenvalue weighted by molar-refractivity contribution is 0.403. The van der Waals surface area contributed by atoms with Crippen molar-refractivity contribution in [3.63, 3.8) is 0 Å². The van der Waals surface area contributed by atoms with Gasteiger partial charge in [-0.3, -0.25) is 4.79 Å². The van der Waals surface area contributed by atoms with E-state index in [2.05, 4.69) is 17.3 Å². The maximum atomic E-state index is 13.5. The van der Waals surface area contributed by atoms with Crippen LogP contribution in [0.4, 0.5) is 4.39 Å². The Labute approximate surface area is 174 Å². The van der Waals surface area contributed by atoms with Crippen molar-refractivity contribution in [2.45, 2.75) is 30.2 Å². The Kier molecular flexibility index (Phi) is 5.39. The third kappa shape index (κ3) is 3.98. The standard InChI is InChI=1S/C23H21FN2O3S/c1-30(28,29)20-13-9-16(10-14-20)21-15-25-26(19-5-3-2-4-6-19)23(27)22(21)17-7-11-18(24)12-8-17/h2-3,7-15,19H,4-6H2,1H3. The normalized spacial score (nSPS) is 16.5. The fourth-order valence-electron chi connectivity index (χ4n) is 3.72. The molecule has 30 heavy (non-hydrogen) atoms. The molecule has 1 atom stereocenters. The van der Waals surface area contributed by atoms with E-state index in [1.54, 1.807) is 30.5 Å². The summed E-state index contributed by atoms with van der Waals surface area (Å²) >= 11 is 0. The smallest absolute Gasteiger partial charge is 0.267 e. The number of nitrogens with zero attached hydrogens (tertiary/aromatic N) is 2. The van der Waals surface area contributed by atoms with Gasteiger partial charge in [0.1, 0.15) is 5.82 Å². The fraction of sp³-hybridized carbons (Fsp3) is 0.217. The first kappa shape index (κ1) is 20.2. The molecule has 0 amide bonds. The minimum Gasteiger partial charge on any atom is -0.267 e. The first-order chi connectivity index (χ1) is 14.3. The van der Waals surface area contributed by atoms with Crippen LogP contribution in [0.3, 0.4) is 0 Å². The summed E-state index contributed by atoms with van der Waals surface area (Å²) in [4.78, 5) is 13.7. The molecule has 1 heterocycles. The number of benzene rings is 2. The van der Waals surface area contributed by atoms with Crippen LogP contribution in [0.25, 0.3) is 22.3 Å². The van der Waals surface area contributed by atoms with Gasteiger partial charge in [-0.25, -0.2) is 17.5 Å². The Morgan fingerprint density at radius 3 is 2.27 bits per heavy atom. The molecule has 1 aliphatic carbocycles. The van der Waals surface area contributed by atoms with Crippen molar-refractivity contribution in [3.8, 4) is 22.3 Å². The number of rotatable bonds is 4. The summed E-state index contributed by atoms with van der Waals surface area (Å²) in [6.07, 6.45) is 9.38. The molecule has 2 aromatic carbocycles. The summed E-state index contributed by atoms with van der Waals surface area (Å²) in [6.45, 7) is 0. The lowest BCUT2D eigenvalue weighted by Gasteiger charge is -2.21. The third-order valence-corrected chi connectivity index (χ3v) is 6.44. The maximum absolute atomic E-state index is 13.5. The van der Waals surface area contributed by atoms with Gasteiger partial charge in [0.15, 0.2) is 9.84 Å². The molecule has 0 bridgehead atoms. The van der Waals surface area contributed by atoms with E-state index < -0.39 is 9.84 Å². The molecule has 1 aromatic heterocycles. The molecule has 0 saturated heterocycles. The number of halogens is 1. The summed E-state index contributed by atoms with van der Waals surface area (Å²) in [7, 11) is -3.33. The van der Waals surface area contributed by atoms with Gasteiger partial charge in [-0.15, -0.1) is 0 Å². The van der Waals surface area contributed by atoms with E-state index in [1.807, 2.05) is 0 Å². The highest BCUT2D eigenvalue weighted by Gasteiger charge is 2.21. The first-order valence-electron chi connectivity index (χ1n) is 9.68. The van der Waals surface area contributed by atoms with Crippen LogP contribution in [0.5, 0.6) is 0 Å². The molecule has 4 rings (SSSR count). The largest absolute Gasteiger partial charge is 0.275 e. The van der Waals surface area contributed by atoms with Crippen LogP contribution >= 0.6 is 0 Å². The predicted octanol–water partition coefficient (Wildman–Crippen LogP) is 4.40. The topological polar surface area (TPSA) is 69.0 Å². The zero-order chi connectivity index (χ0) is 21.3. The van der Waals surface area contributed by atoms with Crippen molar-refractivity contribution < 1.29 is 12.8 Å². The summed E-state index contributed by atoms with van der Waals surface area (Å²) in [6, 6.07) is 12.1. The fourth-order valence-corrected chi connectivity index (χ4v) is 4.35.